The first-order valence-corrected chi connectivity index (χ1v) is 6.56. The average Bonchev–Trinajstić information content (AvgIpc) is 2.80. The van der Waals surface area contributed by atoms with Crippen LogP contribution in [0.1, 0.15) is 11.1 Å². The number of nitrogens with one attached hydrogen (secondary N) is 1. The molecule has 0 fully saturated rings. The smallest absolute Gasteiger partial charge is 0.422 e. The standard InChI is InChI=1S/C16H14F3NO/c1-9-3-4-10(2)15-14(9)12-7-11(5-6-13(12)20-15)21-8-16(17,18)19/h3-7,20H,8H2,1-2H3. The maximum atomic E-state index is 12.2. The summed E-state index contributed by atoms with van der Waals surface area (Å²) in [6, 6.07) is 8.99. The highest BCUT2D eigenvalue weighted by molar-refractivity contribution is 6.10. The van der Waals surface area contributed by atoms with E-state index in [1.54, 1.807) is 18.2 Å². The van der Waals surface area contributed by atoms with Crippen LogP contribution in [0.4, 0.5) is 13.2 Å². The number of aromatic amines is 1. The molecule has 0 saturated carbocycles. The summed E-state index contributed by atoms with van der Waals surface area (Å²) in [5.74, 6) is 0.224. The van der Waals surface area contributed by atoms with E-state index in [2.05, 4.69) is 4.98 Å². The first-order valence-electron chi connectivity index (χ1n) is 6.56. The quantitative estimate of drug-likeness (QED) is 0.715. The molecule has 21 heavy (non-hydrogen) atoms. The van der Waals surface area contributed by atoms with Crippen LogP contribution < -0.4 is 4.74 Å². The van der Waals surface area contributed by atoms with E-state index in [4.69, 9.17) is 4.74 Å². The molecule has 0 amide bonds. The summed E-state index contributed by atoms with van der Waals surface area (Å²) >= 11 is 0. The molecule has 1 aromatic heterocycles. The number of benzene rings is 2. The number of rotatable bonds is 2. The number of hydrogen-bond donors (Lipinski definition) is 1. The molecule has 0 radical (unpaired) electrons. The summed E-state index contributed by atoms with van der Waals surface area (Å²) in [5.41, 5.74) is 4.08. The highest BCUT2D eigenvalue weighted by Gasteiger charge is 2.28. The lowest BCUT2D eigenvalue weighted by molar-refractivity contribution is -0.153. The zero-order valence-electron chi connectivity index (χ0n) is 11.6. The van der Waals surface area contributed by atoms with Gasteiger partial charge in [0.1, 0.15) is 5.75 Å². The predicted molar refractivity (Wildman–Crippen MR) is 76.8 cm³/mol. The summed E-state index contributed by atoms with van der Waals surface area (Å²) in [6.45, 7) is 2.70. The number of aryl methyl sites for hydroxylation is 2. The fraction of sp³-hybridized carbons (Fsp3) is 0.250. The molecule has 0 spiro atoms. The van der Waals surface area contributed by atoms with Crippen molar-refractivity contribution in [2.45, 2.75) is 20.0 Å². The second-order valence-corrected chi connectivity index (χ2v) is 5.19. The zero-order chi connectivity index (χ0) is 15.2. The molecule has 0 aliphatic rings. The summed E-state index contributed by atoms with van der Waals surface area (Å²) in [6.07, 6.45) is -4.33. The molecule has 5 heteroatoms. The molecule has 0 aliphatic carbocycles. The Morgan fingerprint density at radius 3 is 2.48 bits per heavy atom. The van der Waals surface area contributed by atoms with E-state index in [1.165, 1.54) is 0 Å². The van der Waals surface area contributed by atoms with Gasteiger partial charge in [-0.1, -0.05) is 12.1 Å². The van der Waals surface area contributed by atoms with Gasteiger partial charge in [-0.15, -0.1) is 0 Å². The van der Waals surface area contributed by atoms with Gasteiger partial charge in [0.15, 0.2) is 6.61 Å². The molecule has 0 unspecified atom stereocenters. The number of halogens is 3. The molecule has 3 aromatic rings. The Bertz CT molecular complexity index is 818. The minimum absolute atomic E-state index is 0.224. The largest absolute Gasteiger partial charge is 0.484 e. The van der Waals surface area contributed by atoms with Crippen molar-refractivity contribution in [3.8, 4) is 5.75 Å². The number of alkyl halides is 3. The SMILES string of the molecule is Cc1ccc(C)c2c1[nH]c1ccc(OCC(F)(F)F)cc12. The van der Waals surface area contributed by atoms with E-state index in [-0.39, 0.29) is 5.75 Å². The molecule has 0 bridgehead atoms. The van der Waals surface area contributed by atoms with Crippen LogP contribution in [0.15, 0.2) is 30.3 Å². The van der Waals surface area contributed by atoms with Crippen LogP contribution in [0, 0.1) is 13.8 Å². The summed E-state index contributed by atoms with van der Waals surface area (Å²) in [5, 5.41) is 1.91. The Labute approximate surface area is 119 Å². The lowest BCUT2D eigenvalue weighted by Crippen LogP contribution is -2.19. The predicted octanol–water partition coefficient (Wildman–Crippen LogP) is 4.88. The Morgan fingerprint density at radius 1 is 1.05 bits per heavy atom. The van der Waals surface area contributed by atoms with E-state index in [1.807, 2.05) is 26.0 Å². The molecular formula is C16H14F3NO. The van der Waals surface area contributed by atoms with E-state index in [9.17, 15) is 13.2 Å². The van der Waals surface area contributed by atoms with Crippen LogP contribution in [0.2, 0.25) is 0 Å². The maximum Gasteiger partial charge on any atom is 0.422 e. The number of H-pyrrole nitrogens is 1. The van der Waals surface area contributed by atoms with Gasteiger partial charge < -0.3 is 9.72 Å². The third-order valence-corrected chi connectivity index (χ3v) is 3.54. The van der Waals surface area contributed by atoms with Gasteiger partial charge in [-0.3, -0.25) is 0 Å². The third kappa shape index (κ3) is 2.55. The second-order valence-electron chi connectivity index (χ2n) is 5.19. The fourth-order valence-corrected chi connectivity index (χ4v) is 2.55. The van der Waals surface area contributed by atoms with Gasteiger partial charge in [0.2, 0.25) is 0 Å². The third-order valence-electron chi connectivity index (χ3n) is 3.54. The van der Waals surface area contributed by atoms with Gasteiger partial charge in [0.05, 0.1) is 0 Å². The lowest BCUT2D eigenvalue weighted by Gasteiger charge is -2.09. The van der Waals surface area contributed by atoms with Crippen molar-refractivity contribution in [1.82, 2.24) is 4.98 Å². The van der Waals surface area contributed by atoms with Gasteiger partial charge in [0.25, 0.3) is 0 Å². The average molecular weight is 293 g/mol. The van der Waals surface area contributed by atoms with Crippen LogP contribution >= 0.6 is 0 Å². The summed E-state index contributed by atoms with van der Waals surface area (Å²) < 4.78 is 41.5. The van der Waals surface area contributed by atoms with Gasteiger partial charge in [-0.05, 0) is 43.2 Å². The van der Waals surface area contributed by atoms with Gasteiger partial charge in [0, 0.05) is 21.8 Å². The van der Waals surface area contributed by atoms with Gasteiger partial charge >= 0.3 is 6.18 Å². The first kappa shape index (κ1) is 13.8. The van der Waals surface area contributed by atoms with E-state index < -0.39 is 12.8 Å². The van der Waals surface area contributed by atoms with Gasteiger partial charge in [-0.2, -0.15) is 13.2 Å². The van der Waals surface area contributed by atoms with Crippen LogP contribution in [0.3, 0.4) is 0 Å². The van der Waals surface area contributed by atoms with E-state index in [0.29, 0.717) is 0 Å². The van der Waals surface area contributed by atoms with Crippen LogP contribution in [0.25, 0.3) is 21.8 Å². The molecule has 110 valence electrons. The summed E-state index contributed by atoms with van der Waals surface area (Å²) in [4.78, 5) is 3.31. The van der Waals surface area contributed by atoms with Crippen LogP contribution in [0.5, 0.6) is 5.75 Å². The van der Waals surface area contributed by atoms with Crippen molar-refractivity contribution in [1.29, 1.82) is 0 Å². The van der Waals surface area contributed by atoms with Crippen molar-refractivity contribution in [3.05, 3.63) is 41.5 Å². The van der Waals surface area contributed by atoms with Crippen molar-refractivity contribution < 1.29 is 17.9 Å². The van der Waals surface area contributed by atoms with Crippen LogP contribution in [-0.2, 0) is 0 Å². The van der Waals surface area contributed by atoms with Crippen molar-refractivity contribution in [2.75, 3.05) is 6.61 Å². The molecule has 3 rings (SSSR count). The molecule has 0 atom stereocenters. The van der Waals surface area contributed by atoms with E-state index >= 15 is 0 Å². The molecule has 2 aromatic carbocycles. The van der Waals surface area contributed by atoms with Crippen molar-refractivity contribution in [2.24, 2.45) is 0 Å². The molecular weight excluding hydrogens is 279 g/mol. The minimum Gasteiger partial charge on any atom is -0.484 e. The highest BCUT2D eigenvalue weighted by Crippen LogP contribution is 2.32. The molecule has 1 N–H and O–H groups in total. The van der Waals surface area contributed by atoms with Crippen molar-refractivity contribution >= 4 is 21.8 Å². The number of hydrogen-bond acceptors (Lipinski definition) is 1. The lowest BCUT2D eigenvalue weighted by atomic mass is 10.0. The Hall–Kier alpha value is -2.17. The van der Waals surface area contributed by atoms with Crippen molar-refractivity contribution in [3.63, 3.8) is 0 Å². The topological polar surface area (TPSA) is 25.0 Å². The fourth-order valence-electron chi connectivity index (χ4n) is 2.55. The molecule has 0 aliphatic heterocycles. The maximum absolute atomic E-state index is 12.2. The van der Waals surface area contributed by atoms with E-state index in [0.717, 1.165) is 32.9 Å². The minimum atomic E-state index is -4.33. The first-order chi connectivity index (χ1) is 9.85. The molecule has 2 nitrogen and oxygen atoms in total. The normalized spacial score (nSPS) is 12.2. The van der Waals surface area contributed by atoms with Crippen LogP contribution in [-0.4, -0.2) is 17.8 Å². The zero-order valence-corrected chi connectivity index (χ0v) is 11.6. The number of fused-ring (bicyclic) bond motifs is 3. The molecule has 0 saturated heterocycles. The Balaban J connectivity index is 2.12. The Kier molecular flexibility index (Phi) is 3.08. The summed E-state index contributed by atoms with van der Waals surface area (Å²) in [7, 11) is 0. The number of ether oxygens (including phenoxy) is 1. The van der Waals surface area contributed by atoms with Gasteiger partial charge in [-0.25, -0.2) is 0 Å². The molecule has 1 heterocycles. The second kappa shape index (κ2) is 4.69. The Morgan fingerprint density at radius 2 is 1.76 bits per heavy atom. The monoisotopic (exact) mass is 293 g/mol. The highest BCUT2D eigenvalue weighted by atomic mass is 19.4. The number of aromatic nitrogens is 1.